The zero-order valence-electron chi connectivity index (χ0n) is 10.3. The Kier molecular flexibility index (Phi) is 5.40. The Morgan fingerprint density at radius 2 is 1.68 bits per heavy atom. The first-order valence-corrected chi connectivity index (χ1v) is 8.02. The molecule has 0 aliphatic heterocycles. The van der Waals surface area contributed by atoms with Gasteiger partial charge in [0.05, 0.1) is 0 Å². The Bertz CT molecular complexity index is 542. The smallest absolute Gasteiger partial charge is 0.208 e. The van der Waals surface area contributed by atoms with Gasteiger partial charge in [0.25, 0.3) is 0 Å². The van der Waals surface area contributed by atoms with Gasteiger partial charge in [0.1, 0.15) is 17.5 Å². The van der Waals surface area contributed by atoms with E-state index >= 15 is 0 Å². The molecule has 1 aromatic rings. The summed E-state index contributed by atoms with van der Waals surface area (Å²) in [7, 11) is -4.38. The van der Waals surface area contributed by atoms with Crippen molar-refractivity contribution >= 4 is 26.0 Å². The summed E-state index contributed by atoms with van der Waals surface area (Å²) in [6.07, 6.45) is 0. The molecule has 0 spiro atoms. The maximum Gasteiger partial charge on any atom is 0.246 e. The predicted molar refractivity (Wildman–Crippen MR) is 69.1 cm³/mol. The lowest BCUT2D eigenvalue weighted by Crippen LogP contribution is -2.38. The van der Waals surface area contributed by atoms with Crippen molar-refractivity contribution in [3.05, 3.63) is 29.6 Å². The van der Waals surface area contributed by atoms with Gasteiger partial charge in [-0.15, -0.1) is 0 Å². The molecule has 8 heteroatoms. The second-order valence-electron chi connectivity index (χ2n) is 4.24. The second kappa shape index (κ2) is 6.23. The van der Waals surface area contributed by atoms with E-state index in [0.29, 0.717) is 17.5 Å². The third-order valence-electron chi connectivity index (χ3n) is 2.67. The minimum absolute atomic E-state index is 0.0821. The fraction of sp³-hybridized carbons (Fsp3) is 0.455. The summed E-state index contributed by atoms with van der Waals surface area (Å²) in [6, 6.07) is 0.125. The largest absolute Gasteiger partial charge is 0.246 e. The van der Waals surface area contributed by atoms with E-state index in [1.165, 1.54) is 0 Å². The topological polar surface area (TPSA) is 46.2 Å². The highest BCUT2D eigenvalue weighted by Gasteiger charge is 2.27. The van der Waals surface area contributed by atoms with E-state index in [9.17, 15) is 21.6 Å². The van der Waals surface area contributed by atoms with Gasteiger partial charge in [-0.2, -0.15) is 0 Å². The lowest BCUT2D eigenvalue weighted by molar-refractivity contribution is 0.467. The van der Waals surface area contributed by atoms with Crippen LogP contribution in [-0.4, -0.2) is 19.8 Å². The van der Waals surface area contributed by atoms with Gasteiger partial charge < -0.3 is 0 Å². The molecule has 3 nitrogen and oxygen atoms in total. The lowest BCUT2D eigenvalue weighted by atomic mass is 10.1. The number of sulfonamides is 1. The molecule has 0 aliphatic rings. The fourth-order valence-electron chi connectivity index (χ4n) is 1.34. The first kappa shape index (κ1) is 16.5. The van der Waals surface area contributed by atoms with Crippen LogP contribution in [-0.2, 0) is 10.0 Å². The molecule has 1 aromatic carbocycles. The summed E-state index contributed by atoms with van der Waals surface area (Å²) in [5.74, 6) is -4.16. The summed E-state index contributed by atoms with van der Waals surface area (Å²) < 4.78 is 65.5. The Balaban J connectivity index is 3.15. The zero-order chi connectivity index (χ0) is 14.8. The van der Waals surface area contributed by atoms with Gasteiger partial charge in [-0.3, -0.25) is 0 Å². The van der Waals surface area contributed by atoms with Crippen molar-refractivity contribution in [2.24, 2.45) is 5.92 Å². The van der Waals surface area contributed by atoms with Crippen molar-refractivity contribution in [2.75, 3.05) is 5.33 Å². The third kappa shape index (κ3) is 3.93. The van der Waals surface area contributed by atoms with Crippen molar-refractivity contribution in [1.29, 1.82) is 0 Å². The van der Waals surface area contributed by atoms with Crippen LogP contribution in [0.3, 0.4) is 0 Å². The van der Waals surface area contributed by atoms with E-state index in [0.717, 1.165) is 0 Å². The van der Waals surface area contributed by atoms with E-state index in [4.69, 9.17) is 0 Å². The molecule has 2 atom stereocenters. The van der Waals surface area contributed by atoms with E-state index in [-0.39, 0.29) is 5.92 Å². The molecule has 19 heavy (non-hydrogen) atoms. The average molecular weight is 360 g/mol. The molecule has 0 fully saturated rings. The molecule has 0 amide bonds. The first-order valence-electron chi connectivity index (χ1n) is 5.42. The molecule has 0 radical (unpaired) electrons. The van der Waals surface area contributed by atoms with Crippen LogP contribution in [0.2, 0.25) is 0 Å². The van der Waals surface area contributed by atoms with Crippen molar-refractivity contribution in [2.45, 2.75) is 24.8 Å². The number of hydrogen-bond donors (Lipinski definition) is 1. The van der Waals surface area contributed by atoms with E-state index in [1.54, 1.807) is 13.8 Å². The van der Waals surface area contributed by atoms with Gasteiger partial charge in [-0.05, 0) is 12.8 Å². The lowest BCUT2D eigenvalue weighted by Gasteiger charge is -2.19. The van der Waals surface area contributed by atoms with Crippen LogP contribution in [0, 0.1) is 23.4 Å². The Hall–Kier alpha value is -0.600. The van der Waals surface area contributed by atoms with Crippen molar-refractivity contribution in [1.82, 2.24) is 4.72 Å². The number of halogens is 4. The minimum atomic E-state index is -4.38. The van der Waals surface area contributed by atoms with Crippen molar-refractivity contribution < 1.29 is 21.6 Å². The molecule has 0 saturated carbocycles. The van der Waals surface area contributed by atoms with Crippen LogP contribution in [0.1, 0.15) is 13.8 Å². The maximum absolute atomic E-state index is 13.4. The first-order chi connectivity index (χ1) is 8.69. The van der Waals surface area contributed by atoms with E-state index in [1.807, 2.05) is 0 Å². The van der Waals surface area contributed by atoms with Gasteiger partial charge in [0.2, 0.25) is 10.0 Å². The zero-order valence-corrected chi connectivity index (χ0v) is 12.7. The molecule has 0 aromatic heterocycles. The molecule has 0 heterocycles. The standard InChI is InChI=1S/C11H13BrF3NO2S/c1-6(5-12)7(2)16-19(17,18)11-9(14)3-8(13)4-10(11)15/h3-4,6-7,16H,5H2,1-2H3. The summed E-state index contributed by atoms with van der Waals surface area (Å²) in [5.41, 5.74) is 0. The van der Waals surface area contributed by atoms with Crippen LogP contribution in [0.4, 0.5) is 13.2 Å². The van der Waals surface area contributed by atoms with Crippen molar-refractivity contribution in [3.63, 3.8) is 0 Å². The van der Waals surface area contributed by atoms with Gasteiger partial charge in [-0.25, -0.2) is 26.3 Å². The minimum Gasteiger partial charge on any atom is -0.208 e. The summed E-state index contributed by atoms with van der Waals surface area (Å²) in [5, 5.41) is 0.519. The average Bonchev–Trinajstić information content (AvgIpc) is 2.24. The SMILES string of the molecule is CC(CBr)C(C)NS(=O)(=O)c1c(F)cc(F)cc1F. The van der Waals surface area contributed by atoms with Gasteiger partial charge in [0.15, 0.2) is 4.90 Å². The highest BCUT2D eigenvalue weighted by Crippen LogP contribution is 2.21. The summed E-state index contributed by atoms with van der Waals surface area (Å²) in [6.45, 7) is 3.34. The third-order valence-corrected chi connectivity index (χ3v) is 5.30. The number of benzene rings is 1. The van der Waals surface area contributed by atoms with Crippen LogP contribution >= 0.6 is 15.9 Å². The molecule has 0 aliphatic carbocycles. The number of rotatable bonds is 5. The molecule has 108 valence electrons. The Labute approximate surface area is 118 Å². The van der Waals surface area contributed by atoms with Crippen LogP contribution < -0.4 is 4.72 Å². The number of alkyl halides is 1. The Morgan fingerprint density at radius 3 is 2.11 bits per heavy atom. The monoisotopic (exact) mass is 359 g/mol. The summed E-state index contributed by atoms with van der Waals surface area (Å²) >= 11 is 3.19. The maximum atomic E-state index is 13.4. The second-order valence-corrected chi connectivity index (χ2v) is 6.54. The van der Waals surface area contributed by atoms with Crippen molar-refractivity contribution in [3.8, 4) is 0 Å². The molecule has 0 bridgehead atoms. The van der Waals surface area contributed by atoms with E-state index in [2.05, 4.69) is 20.7 Å². The molecule has 1 N–H and O–H groups in total. The molecule has 0 saturated heterocycles. The predicted octanol–water partition coefficient (Wildman–Crippen LogP) is 2.80. The highest BCUT2D eigenvalue weighted by atomic mass is 79.9. The van der Waals surface area contributed by atoms with E-state index < -0.39 is 38.4 Å². The molecular formula is C11H13BrF3NO2S. The molecule has 2 unspecified atom stereocenters. The van der Waals surface area contributed by atoms with Crippen LogP contribution in [0.15, 0.2) is 17.0 Å². The summed E-state index contributed by atoms with van der Waals surface area (Å²) in [4.78, 5) is -1.16. The quantitative estimate of drug-likeness (QED) is 0.821. The number of nitrogens with one attached hydrogen (secondary N) is 1. The number of hydrogen-bond acceptors (Lipinski definition) is 2. The molecule has 1 rings (SSSR count). The Morgan fingerprint density at radius 1 is 1.21 bits per heavy atom. The normalized spacial score (nSPS) is 15.3. The van der Waals surface area contributed by atoms with Crippen LogP contribution in [0.5, 0.6) is 0 Å². The fourth-order valence-corrected chi connectivity index (χ4v) is 3.37. The van der Waals surface area contributed by atoms with Gasteiger partial charge in [0, 0.05) is 23.5 Å². The van der Waals surface area contributed by atoms with Crippen LogP contribution in [0.25, 0.3) is 0 Å². The highest BCUT2D eigenvalue weighted by molar-refractivity contribution is 9.09. The molecular weight excluding hydrogens is 347 g/mol. The van der Waals surface area contributed by atoms with Gasteiger partial charge >= 0.3 is 0 Å². The van der Waals surface area contributed by atoms with Gasteiger partial charge in [-0.1, -0.05) is 22.9 Å².